The van der Waals surface area contributed by atoms with E-state index >= 15 is 0 Å². The van der Waals surface area contributed by atoms with Crippen molar-refractivity contribution >= 4 is 5.97 Å². The van der Waals surface area contributed by atoms with Gasteiger partial charge in [-0.15, -0.1) is 0 Å². The minimum absolute atomic E-state index is 0.0148. The largest absolute Gasteiger partial charge is 0.457 e. The van der Waals surface area contributed by atoms with Crippen LogP contribution in [0.5, 0.6) is 0 Å². The third kappa shape index (κ3) is 9.30. The van der Waals surface area contributed by atoms with E-state index in [-0.39, 0.29) is 30.5 Å². The molecule has 2 aliphatic heterocycles. The molecule has 212 valence electrons. The van der Waals surface area contributed by atoms with Crippen molar-refractivity contribution < 1.29 is 39.4 Å². The average Bonchev–Trinajstić information content (AvgIpc) is 3.60. The number of carbonyl (C=O) groups excluding carboxylic acids is 1. The normalized spacial score (nSPS) is 38.1. The van der Waals surface area contributed by atoms with Gasteiger partial charge in [-0.1, -0.05) is 51.2 Å². The lowest BCUT2D eigenvalue weighted by Gasteiger charge is -2.33. The lowest BCUT2D eigenvalue weighted by molar-refractivity contribution is -0.151. The number of aliphatic hydroxyl groups is 4. The molecule has 8 nitrogen and oxygen atoms in total. The van der Waals surface area contributed by atoms with Crippen LogP contribution in [-0.4, -0.2) is 81.3 Å². The van der Waals surface area contributed by atoms with Crippen LogP contribution in [0, 0.1) is 11.8 Å². The van der Waals surface area contributed by atoms with Crippen molar-refractivity contribution in [2.75, 3.05) is 7.11 Å². The highest BCUT2D eigenvalue weighted by Crippen LogP contribution is 2.37. The molecule has 2 heterocycles. The average molecular weight is 525 g/mol. The van der Waals surface area contributed by atoms with E-state index in [2.05, 4.69) is 0 Å². The quantitative estimate of drug-likeness (QED) is 0.157. The Morgan fingerprint density at radius 3 is 2.65 bits per heavy atom. The molecule has 0 aromatic rings. The maximum atomic E-state index is 12.6. The second kappa shape index (κ2) is 13.5. The topological polar surface area (TPSA) is 129 Å². The fourth-order valence-electron chi connectivity index (χ4n) is 4.86. The van der Waals surface area contributed by atoms with Gasteiger partial charge in [-0.25, -0.2) is 0 Å². The van der Waals surface area contributed by atoms with Gasteiger partial charge in [0.05, 0.1) is 42.0 Å². The number of allylic oxidation sites excluding steroid dienone is 2. The summed E-state index contributed by atoms with van der Waals surface area (Å²) in [6.07, 6.45) is 7.31. The molecule has 1 saturated heterocycles. The third-order valence-electron chi connectivity index (χ3n) is 7.84. The first-order valence-electron chi connectivity index (χ1n) is 13.4. The van der Waals surface area contributed by atoms with Crippen LogP contribution < -0.4 is 0 Å². The Labute approximate surface area is 222 Å². The molecule has 0 aromatic heterocycles. The number of hydrogen-bond donors (Lipinski definition) is 4. The first-order chi connectivity index (χ1) is 17.2. The van der Waals surface area contributed by atoms with E-state index in [1.54, 1.807) is 38.2 Å². The number of cyclic esters (lactones) is 1. The standard InChI is InChI=1S/C29H48O8/c1-8-22(31)20(4)27-23(36-27)17-28(5,34)14-9-10-18(2)26-19(3)11-12-24(32)29(6,35-7)15-13-21(30)16-25(33)37-26/h9-12,14,19-24,26-27,30-32,34H,8,13,15-17H2,1-7H3/b12-11+,14-9+,18-10+. The molecule has 0 radical (unpaired) electrons. The van der Waals surface area contributed by atoms with E-state index in [0.717, 1.165) is 5.57 Å². The monoisotopic (exact) mass is 524 g/mol. The summed E-state index contributed by atoms with van der Waals surface area (Å²) in [5.41, 5.74) is -1.24. The third-order valence-corrected chi connectivity index (χ3v) is 7.84. The van der Waals surface area contributed by atoms with Crippen molar-refractivity contribution in [1.29, 1.82) is 0 Å². The van der Waals surface area contributed by atoms with Crippen LogP contribution in [0.15, 0.2) is 36.0 Å². The summed E-state index contributed by atoms with van der Waals surface area (Å²) in [7, 11) is 1.52. The molecule has 0 amide bonds. The smallest absolute Gasteiger partial charge is 0.309 e. The number of esters is 1. The first kappa shape index (κ1) is 31.7. The van der Waals surface area contributed by atoms with Gasteiger partial charge in [-0.3, -0.25) is 4.79 Å². The Bertz CT molecular complexity index is 834. The molecule has 8 heteroatoms. The summed E-state index contributed by atoms with van der Waals surface area (Å²) in [5, 5.41) is 42.0. The summed E-state index contributed by atoms with van der Waals surface area (Å²) in [6.45, 7) is 11.1. The maximum absolute atomic E-state index is 12.6. The zero-order valence-electron chi connectivity index (χ0n) is 23.5. The van der Waals surface area contributed by atoms with E-state index < -0.39 is 41.6 Å². The Morgan fingerprint density at radius 2 is 2.03 bits per heavy atom. The summed E-state index contributed by atoms with van der Waals surface area (Å²) >= 11 is 0. The lowest BCUT2D eigenvalue weighted by Crippen LogP contribution is -2.41. The molecule has 0 saturated carbocycles. The lowest BCUT2D eigenvalue weighted by atomic mass is 9.88. The predicted molar refractivity (Wildman–Crippen MR) is 142 cm³/mol. The van der Waals surface area contributed by atoms with Crippen molar-refractivity contribution in [2.45, 2.75) is 121 Å². The number of methoxy groups -OCH3 is 1. The second-order valence-electron chi connectivity index (χ2n) is 11.3. The fourth-order valence-corrected chi connectivity index (χ4v) is 4.86. The van der Waals surface area contributed by atoms with Crippen LogP contribution in [-0.2, 0) is 19.0 Å². The summed E-state index contributed by atoms with van der Waals surface area (Å²) in [4.78, 5) is 12.6. The van der Waals surface area contributed by atoms with E-state index in [1.807, 2.05) is 33.8 Å². The molecule has 0 aromatic carbocycles. The van der Waals surface area contributed by atoms with Crippen LogP contribution in [0.4, 0.5) is 0 Å². The number of rotatable bonds is 9. The Kier molecular flexibility index (Phi) is 11.5. The fraction of sp³-hybridized carbons (Fsp3) is 0.759. The zero-order valence-corrected chi connectivity index (χ0v) is 23.5. The number of epoxide rings is 1. The van der Waals surface area contributed by atoms with E-state index in [4.69, 9.17) is 14.2 Å². The first-order valence-corrected chi connectivity index (χ1v) is 13.4. The predicted octanol–water partition coefficient (Wildman–Crippen LogP) is 3.22. The van der Waals surface area contributed by atoms with Gasteiger partial charge in [0.1, 0.15) is 12.2 Å². The molecule has 0 spiro atoms. The van der Waals surface area contributed by atoms with Crippen molar-refractivity contribution in [3.8, 4) is 0 Å². The maximum Gasteiger partial charge on any atom is 0.309 e. The number of carbonyl (C=O) groups is 1. The minimum Gasteiger partial charge on any atom is -0.457 e. The SMILES string of the molecule is CCC(O)C(C)C1OC1CC(C)(O)/C=C/C=C(\C)C1OC(=O)CC(O)CCC(C)(OC)C(O)/C=C/C1C. The Balaban J connectivity index is 2.12. The number of hydrogen-bond acceptors (Lipinski definition) is 8. The zero-order chi connectivity index (χ0) is 28.0. The molecule has 37 heavy (non-hydrogen) atoms. The molecule has 2 aliphatic rings. The minimum atomic E-state index is -1.11. The van der Waals surface area contributed by atoms with Gasteiger partial charge in [0.2, 0.25) is 0 Å². The molecule has 1 fully saturated rings. The summed E-state index contributed by atoms with van der Waals surface area (Å²) in [6, 6.07) is 0. The highest BCUT2D eigenvalue weighted by Gasteiger charge is 2.47. The molecular formula is C29H48O8. The van der Waals surface area contributed by atoms with E-state index in [0.29, 0.717) is 25.7 Å². The second-order valence-corrected chi connectivity index (χ2v) is 11.3. The van der Waals surface area contributed by atoms with Gasteiger partial charge in [0.15, 0.2) is 0 Å². The number of ether oxygens (including phenoxy) is 3. The number of aliphatic hydroxyl groups excluding tert-OH is 3. The van der Waals surface area contributed by atoms with Crippen molar-refractivity contribution in [3.05, 3.63) is 36.0 Å². The molecule has 2 rings (SSSR count). The molecule has 0 aliphatic carbocycles. The molecule has 10 unspecified atom stereocenters. The van der Waals surface area contributed by atoms with Crippen molar-refractivity contribution in [1.82, 2.24) is 0 Å². The Morgan fingerprint density at radius 1 is 1.35 bits per heavy atom. The van der Waals surface area contributed by atoms with Crippen LogP contribution >= 0.6 is 0 Å². The van der Waals surface area contributed by atoms with Gasteiger partial charge in [-0.05, 0) is 45.6 Å². The van der Waals surface area contributed by atoms with Crippen LogP contribution in [0.25, 0.3) is 0 Å². The van der Waals surface area contributed by atoms with Crippen molar-refractivity contribution in [2.24, 2.45) is 11.8 Å². The molecule has 10 atom stereocenters. The van der Waals surface area contributed by atoms with Gasteiger partial charge >= 0.3 is 5.97 Å². The van der Waals surface area contributed by atoms with Gasteiger partial charge in [-0.2, -0.15) is 0 Å². The van der Waals surface area contributed by atoms with Gasteiger partial charge < -0.3 is 34.6 Å². The highest BCUT2D eigenvalue weighted by atomic mass is 16.6. The van der Waals surface area contributed by atoms with Crippen LogP contribution in [0.1, 0.15) is 73.6 Å². The summed E-state index contributed by atoms with van der Waals surface area (Å²) < 4.78 is 17.0. The van der Waals surface area contributed by atoms with Crippen LogP contribution in [0.2, 0.25) is 0 Å². The van der Waals surface area contributed by atoms with Gasteiger partial charge in [0, 0.05) is 25.4 Å². The van der Waals surface area contributed by atoms with Gasteiger partial charge in [0.25, 0.3) is 0 Å². The molecule has 4 N–H and O–H groups in total. The molecule has 0 bridgehead atoms. The molecular weight excluding hydrogens is 476 g/mol. The highest BCUT2D eigenvalue weighted by molar-refractivity contribution is 5.70. The Hall–Kier alpha value is -1.55. The van der Waals surface area contributed by atoms with Crippen molar-refractivity contribution in [3.63, 3.8) is 0 Å². The van der Waals surface area contributed by atoms with Crippen LogP contribution in [0.3, 0.4) is 0 Å². The van der Waals surface area contributed by atoms with E-state index in [1.165, 1.54) is 7.11 Å². The van der Waals surface area contributed by atoms with E-state index in [9.17, 15) is 25.2 Å². The summed E-state index contributed by atoms with van der Waals surface area (Å²) in [5.74, 6) is -0.739.